The maximum Gasteiger partial charge on any atom is 0.0545 e. The number of thioether (sulfide) groups is 1. The van der Waals surface area contributed by atoms with E-state index in [-0.39, 0.29) is 0 Å². The number of nitrogens with one attached hydrogen (secondary N) is 1. The van der Waals surface area contributed by atoms with Gasteiger partial charge in [-0.25, -0.2) is 0 Å². The van der Waals surface area contributed by atoms with Gasteiger partial charge in [-0.05, 0) is 12.5 Å². The first-order chi connectivity index (χ1) is 9.31. The highest BCUT2D eigenvalue weighted by molar-refractivity contribution is 7.99. The van der Waals surface area contributed by atoms with Crippen LogP contribution in [0.3, 0.4) is 0 Å². The van der Waals surface area contributed by atoms with E-state index in [2.05, 4.69) is 53.4 Å². The topological polar surface area (TPSA) is 15.3 Å². The van der Waals surface area contributed by atoms with Crippen molar-refractivity contribution in [2.45, 2.75) is 19.0 Å². The summed E-state index contributed by atoms with van der Waals surface area (Å²) >= 11 is 1.85. The Hall–Kier alpha value is -0.950. The van der Waals surface area contributed by atoms with Crippen LogP contribution in [0.15, 0.2) is 30.3 Å². The molecule has 0 bridgehead atoms. The van der Waals surface area contributed by atoms with E-state index in [9.17, 15) is 0 Å². The van der Waals surface area contributed by atoms with Crippen LogP contribution < -0.4 is 5.32 Å². The van der Waals surface area contributed by atoms with E-state index in [4.69, 9.17) is 6.42 Å². The molecule has 2 atom stereocenters. The Kier molecular flexibility index (Phi) is 5.78. The van der Waals surface area contributed by atoms with Crippen molar-refractivity contribution in [3.63, 3.8) is 0 Å². The van der Waals surface area contributed by atoms with Crippen LogP contribution in [-0.4, -0.2) is 42.1 Å². The fourth-order valence-electron chi connectivity index (χ4n) is 2.45. The molecular weight excluding hydrogens is 252 g/mol. The van der Waals surface area contributed by atoms with Gasteiger partial charge in [0, 0.05) is 37.5 Å². The van der Waals surface area contributed by atoms with Crippen LogP contribution in [0, 0.1) is 12.3 Å². The minimum absolute atomic E-state index is 0.454. The molecule has 2 rings (SSSR count). The number of terminal acetylenes is 1. The van der Waals surface area contributed by atoms with Gasteiger partial charge in [-0.3, -0.25) is 4.90 Å². The zero-order valence-electron chi connectivity index (χ0n) is 11.5. The lowest BCUT2D eigenvalue weighted by molar-refractivity contribution is 0.150. The van der Waals surface area contributed by atoms with E-state index in [1.165, 1.54) is 5.56 Å². The second kappa shape index (κ2) is 7.59. The molecule has 0 aliphatic carbocycles. The number of hydrogen-bond acceptors (Lipinski definition) is 3. The lowest BCUT2D eigenvalue weighted by Crippen LogP contribution is -2.51. The highest BCUT2D eigenvalue weighted by Crippen LogP contribution is 2.19. The first kappa shape index (κ1) is 14.5. The molecule has 1 N–H and O–H groups in total. The van der Waals surface area contributed by atoms with Gasteiger partial charge in [-0.1, -0.05) is 36.3 Å². The summed E-state index contributed by atoms with van der Waals surface area (Å²) in [5.74, 6) is 4.63. The molecule has 3 heteroatoms. The predicted molar refractivity (Wildman–Crippen MR) is 84.4 cm³/mol. The van der Waals surface area contributed by atoms with E-state index in [1.807, 2.05) is 11.8 Å². The lowest BCUT2D eigenvalue weighted by Gasteiger charge is -2.39. The maximum atomic E-state index is 5.28. The van der Waals surface area contributed by atoms with Crippen LogP contribution in [0.5, 0.6) is 0 Å². The van der Waals surface area contributed by atoms with E-state index < -0.39 is 0 Å². The molecule has 1 saturated heterocycles. The van der Waals surface area contributed by atoms with Gasteiger partial charge in [0.25, 0.3) is 0 Å². The molecule has 1 heterocycles. The van der Waals surface area contributed by atoms with Crippen molar-refractivity contribution in [2.24, 2.45) is 0 Å². The van der Waals surface area contributed by atoms with Crippen LogP contribution in [0.1, 0.15) is 18.5 Å². The van der Waals surface area contributed by atoms with Crippen LogP contribution in [0.4, 0.5) is 0 Å². The highest BCUT2D eigenvalue weighted by atomic mass is 32.2. The normalized spacial score (nSPS) is 24.0. The fraction of sp³-hybridized carbons (Fsp3) is 0.500. The van der Waals surface area contributed by atoms with E-state index in [1.54, 1.807) is 0 Å². The molecule has 1 aromatic carbocycles. The molecule has 0 aromatic heterocycles. The van der Waals surface area contributed by atoms with Gasteiger partial charge in [-0.15, -0.1) is 18.2 Å². The molecule has 19 heavy (non-hydrogen) atoms. The summed E-state index contributed by atoms with van der Waals surface area (Å²) in [5.41, 5.74) is 1.38. The van der Waals surface area contributed by atoms with Crippen LogP contribution in [-0.2, 0) is 0 Å². The van der Waals surface area contributed by atoms with Crippen LogP contribution in [0.25, 0.3) is 0 Å². The molecule has 1 fully saturated rings. The van der Waals surface area contributed by atoms with Crippen molar-refractivity contribution < 1.29 is 0 Å². The number of nitrogens with zero attached hydrogens (tertiary/aromatic N) is 1. The average Bonchev–Trinajstić information content (AvgIpc) is 2.46. The van der Waals surface area contributed by atoms with Gasteiger partial charge >= 0.3 is 0 Å². The Morgan fingerprint density at radius 2 is 2.21 bits per heavy atom. The van der Waals surface area contributed by atoms with Gasteiger partial charge in [0.15, 0.2) is 0 Å². The molecule has 2 nitrogen and oxygen atoms in total. The van der Waals surface area contributed by atoms with Gasteiger partial charge in [0.1, 0.15) is 0 Å². The Labute approximate surface area is 121 Å². The SMILES string of the molecule is C#CCSCCN1CC(c2ccccc2)NCC1C. The van der Waals surface area contributed by atoms with Gasteiger partial charge in [-0.2, -0.15) is 0 Å². The predicted octanol–water partition coefficient (Wildman–Crippen LogP) is 2.39. The third kappa shape index (κ3) is 4.28. The largest absolute Gasteiger partial charge is 0.307 e. The zero-order chi connectivity index (χ0) is 13.5. The molecule has 0 amide bonds. The number of hydrogen-bond donors (Lipinski definition) is 1. The lowest BCUT2D eigenvalue weighted by atomic mass is 10.0. The van der Waals surface area contributed by atoms with Crippen molar-refractivity contribution in [1.82, 2.24) is 10.2 Å². The maximum absolute atomic E-state index is 5.28. The third-order valence-corrected chi connectivity index (χ3v) is 4.45. The van der Waals surface area contributed by atoms with E-state index in [0.29, 0.717) is 12.1 Å². The monoisotopic (exact) mass is 274 g/mol. The Morgan fingerprint density at radius 1 is 1.42 bits per heavy atom. The second-order valence-corrected chi connectivity index (χ2v) is 6.08. The van der Waals surface area contributed by atoms with Crippen molar-refractivity contribution >= 4 is 11.8 Å². The summed E-state index contributed by atoms with van der Waals surface area (Å²) in [5, 5.41) is 3.64. The molecule has 1 aromatic rings. The fourth-order valence-corrected chi connectivity index (χ4v) is 3.08. The van der Waals surface area contributed by atoms with Gasteiger partial charge in [0.05, 0.1) is 5.75 Å². The summed E-state index contributed by atoms with van der Waals surface area (Å²) in [7, 11) is 0. The first-order valence-electron chi connectivity index (χ1n) is 6.85. The second-order valence-electron chi connectivity index (χ2n) is 4.97. The summed E-state index contributed by atoms with van der Waals surface area (Å²) in [6.07, 6.45) is 5.28. The van der Waals surface area contributed by atoms with E-state index >= 15 is 0 Å². The standard InChI is InChI=1S/C16H22N2S/c1-3-10-19-11-9-18-13-16(17-12-14(18)2)15-7-5-4-6-8-15/h1,4-8,14,16-17H,9-13H2,2H3. The Bertz CT molecular complexity index is 413. The van der Waals surface area contributed by atoms with Crippen LogP contribution >= 0.6 is 11.8 Å². The molecule has 1 aliphatic rings. The van der Waals surface area contributed by atoms with Gasteiger partial charge < -0.3 is 5.32 Å². The van der Waals surface area contributed by atoms with Crippen molar-refractivity contribution in [2.75, 3.05) is 31.1 Å². The number of rotatable bonds is 5. The zero-order valence-corrected chi connectivity index (χ0v) is 12.3. The van der Waals surface area contributed by atoms with Gasteiger partial charge in [0.2, 0.25) is 0 Å². The molecular formula is C16H22N2S. The van der Waals surface area contributed by atoms with E-state index in [0.717, 1.165) is 31.1 Å². The third-order valence-electron chi connectivity index (χ3n) is 3.61. The molecule has 0 spiro atoms. The molecule has 0 radical (unpaired) electrons. The smallest absolute Gasteiger partial charge is 0.0545 e. The number of benzene rings is 1. The summed E-state index contributed by atoms with van der Waals surface area (Å²) in [6.45, 7) is 5.56. The van der Waals surface area contributed by atoms with Crippen molar-refractivity contribution in [1.29, 1.82) is 0 Å². The summed E-state index contributed by atoms with van der Waals surface area (Å²) < 4.78 is 0. The summed E-state index contributed by atoms with van der Waals surface area (Å²) in [4.78, 5) is 2.57. The summed E-state index contributed by atoms with van der Waals surface area (Å²) in [6, 6.07) is 11.8. The highest BCUT2D eigenvalue weighted by Gasteiger charge is 2.25. The minimum Gasteiger partial charge on any atom is -0.307 e. The average molecular weight is 274 g/mol. The first-order valence-corrected chi connectivity index (χ1v) is 8.00. The molecule has 2 unspecified atom stereocenters. The molecule has 1 aliphatic heterocycles. The molecule has 0 saturated carbocycles. The molecule has 102 valence electrons. The number of piperazine rings is 1. The van der Waals surface area contributed by atoms with Crippen molar-refractivity contribution in [3.8, 4) is 12.3 Å². The van der Waals surface area contributed by atoms with Crippen LogP contribution in [0.2, 0.25) is 0 Å². The van der Waals surface area contributed by atoms with Crippen molar-refractivity contribution in [3.05, 3.63) is 35.9 Å². The minimum atomic E-state index is 0.454. The Balaban J connectivity index is 1.87. The quantitative estimate of drug-likeness (QED) is 0.655. The Morgan fingerprint density at radius 3 is 2.95 bits per heavy atom.